The van der Waals surface area contributed by atoms with Gasteiger partial charge in [-0.3, -0.25) is 14.6 Å². The van der Waals surface area contributed by atoms with Crippen LogP contribution in [0.4, 0.5) is 5.82 Å². The van der Waals surface area contributed by atoms with Crippen molar-refractivity contribution in [2.24, 2.45) is 7.05 Å². The first kappa shape index (κ1) is 13.7. The van der Waals surface area contributed by atoms with E-state index in [9.17, 15) is 9.59 Å². The Morgan fingerprint density at radius 1 is 1.27 bits per heavy atom. The number of amides is 1. The van der Waals surface area contributed by atoms with Gasteiger partial charge in [-0.25, -0.2) is 4.98 Å². The Hall–Kier alpha value is -3.22. The minimum atomic E-state index is -0.381. The first-order chi connectivity index (χ1) is 10.6. The Bertz CT molecular complexity index is 867. The van der Waals surface area contributed by atoms with Crippen molar-refractivity contribution in [3.05, 3.63) is 64.8 Å². The first-order valence-corrected chi connectivity index (χ1v) is 6.58. The molecule has 0 aromatic carbocycles. The van der Waals surface area contributed by atoms with Crippen molar-refractivity contribution in [2.75, 3.05) is 5.32 Å². The normalized spacial score (nSPS) is 10.4. The number of H-pyrrole nitrogens is 1. The molecule has 0 bridgehead atoms. The van der Waals surface area contributed by atoms with Gasteiger partial charge in [-0.2, -0.15) is 0 Å². The summed E-state index contributed by atoms with van der Waals surface area (Å²) in [6.07, 6.45) is 4.71. The van der Waals surface area contributed by atoms with Crippen molar-refractivity contribution >= 4 is 11.7 Å². The lowest BCUT2D eigenvalue weighted by atomic mass is 10.2. The van der Waals surface area contributed by atoms with E-state index in [-0.39, 0.29) is 17.0 Å². The van der Waals surface area contributed by atoms with Crippen molar-refractivity contribution in [3.8, 4) is 11.5 Å². The summed E-state index contributed by atoms with van der Waals surface area (Å²) in [6.45, 7) is 0. The van der Waals surface area contributed by atoms with E-state index in [2.05, 4.69) is 20.3 Å². The molecule has 0 aliphatic heterocycles. The predicted molar refractivity (Wildman–Crippen MR) is 81.5 cm³/mol. The summed E-state index contributed by atoms with van der Waals surface area (Å²) in [5, 5.41) is 2.66. The van der Waals surface area contributed by atoms with Crippen molar-refractivity contribution in [3.63, 3.8) is 0 Å². The van der Waals surface area contributed by atoms with Gasteiger partial charge in [-0.05, 0) is 18.2 Å². The molecule has 1 amide bonds. The molecule has 0 radical (unpaired) electrons. The zero-order chi connectivity index (χ0) is 15.5. The van der Waals surface area contributed by atoms with Crippen LogP contribution in [-0.4, -0.2) is 25.4 Å². The van der Waals surface area contributed by atoms with Gasteiger partial charge in [0.05, 0.1) is 6.20 Å². The highest BCUT2D eigenvalue weighted by molar-refractivity contribution is 6.03. The second-order valence-corrected chi connectivity index (χ2v) is 4.68. The number of nitrogens with zero attached hydrogens (tertiary/aromatic N) is 3. The van der Waals surface area contributed by atoms with E-state index < -0.39 is 0 Å². The Morgan fingerprint density at radius 2 is 2.14 bits per heavy atom. The molecule has 0 fully saturated rings. The van der Waals surface area contributed by atoms with Crippen molar-refractivity contribution < 1.29 is 4.79 Å². The number of pyridine rings is 2. The lowest BCUT2D eigenvalue weighted by Gasteiger charge is -2.03. The minimum Gasteiger partial charge on any atom is -0.323 e. The maximum Gasteiger partial charge on any atom is 0.257 e. The van der Waals surface area contributed by atoms with Crippen molar-refractivity contribution in [1.29, 1.82) is 0 Å². The molecule has 22 heavy (non-hydrogen) atoms. The van der Waals surface area contributed by atoms with E-state index in [0.717, 1.165) is 0 Å². The number of hydrogen-bond acceptors (Lipinski definition) is 4. The van der Waals surface area contributed by atoms with Crippen molar-refractivity contribution in [2.45, 2.75) is 0 Å². The lowest BCUT2D eigenvalue weighted by molar-refractivity contribution is 0.102. The Labute approximate surface area is 125 Å². The first-order valence-electron chi connectivity index (χ1n) is 6.58. The number of aromatic amines is 1. The Morgan fingerprint density at radius 3 is 2.86 bits per heavy atom. The number of carbonyl (C=O) groups is 1. The summed E-state index contributed by atoms with van der Waals surface area (Å²) in [5.74, 6) is 0.611. The van der Waals surface area contributed by atoms with Crippen LogP contribution in [0.2, 0.25) is 0 Å². The Kier molecular flexibility index (Phi) is 3.53. The molecule has 0 aliphatic rings. The van der Waals surface area contributed by atoms with E-state index in [1.807, 2.05) is 18.2 Å². The molecular formula is C15H13N5O2. The molecule has 3 rings (SSSR count). The molecule has 3 aromatic rings. The molecule has 7 heteroatoms. The molecule has 0 aliphatic carbocycles. The topological polar surface area (TPSA) is 92.7 Å². The molecule has 0 atom stereocenters. The second kappa shape index (κ2) is 5.65. The van der Waals surface area contributed by atoms with Gasteiger partial charge in [0.2, 0.25) is 0 Å². The molecule has 110 valence electrons. The number of hydrogen-bond donors (Lipinski definition) is 2. The number of aryl methyl sites for hydroxylation is 1. The van der Waals surface area contributed by atoms with Gasteiger partial charge in [0, 0.05) is 31.1 Å². The molecule has 2 N–H and O–H groups in total. The maximum atomic E-state index is 12.1. The summed E-state index contributed by atoms with van der Waals surface area (Å²) in [5.41, 5.74) is 0.722. The predicted octanol–water partition coefficient (Wildman–Crippen LogP) is 1.42. The van der Waals surface area contributed by atoms with Crippen LogP contribution in [0.3, 0.4) is 0 Å². The van der Waals surface area contributed by atoms with E-state index in [0.29, 0.717) is 17.3 Å². The number of carbonyl (C=O) groups excluding carboxylic acids is 1. The largest absolute Gasteiger partial charge is 0.323 e. The average Bonchev–Trinajstić information content (AvgIpc) is 2.99. The smallest absolute Gasteiger partial charge is 0.257 e. The number of nitrogens with one attached hydrogen (secondary N) is 2. The van der Waals surface area contributed by atoms with Crippen LogP contribution in [0.5, 0.6) is 0 Å². The summed E-state index contributed by atoms with van der Waals surface area (Å²) < 4.78 is 1.39. The highest BCUT2D eigenvalue weighted by Gasteiger charge is 2.10. The number of anilines is 1. The molecule has 7 nitrogen and oxygen atoms in total. The fourth-order valence-electron chi connectivity index (χ4n) is 1.90. The van der Waals surface area contributed by atoms with Crippen LogP contribution < -0.4 is 10.9 Å². The van der Waals surface area contributed by atoms with Crippen LogP contribution in [0.15, 0.2) is 53.7 Å². The second-order valence-electron chi connectivity index (χ2n) is 4.68. The van der Waals surface area contributed by atoms with Crippen LogP contribution in [0, 0.1) is 0 Å². The third kappa shape index (κ3) is 2.78. The molecule has 0 spiro atoms. The van der Waals surface area contributed by atoms with Crippen LogP contribution in [0.25, 0.3) is 11.5 Å². The Balaban J connectivity index is 1.79. The molecule has 3 aromatic heterocycles. The molecule has 3 heterocycles. The molecular weight excluding hydrogens is 282 g/mol. The zero-order valence-electron chi connectivity index (χ0n) is 11.8. The van der Waals surface area contributed by atoms with Crippen LogP contribution >= 0.6 is 0 Å². The number of rotatable bonds is 3. The summed E-state index contributed by atoms with van der Waals surface area (Å²) in [6, 6.07) is 8.33. The van der Waals surface area contributed by atoms with Gasteiger partial charge in [0.15, 0.2) is 5.82 Å². The van der Waals surface area contributed by atoms with Crippen molar-refractivity contribution in [1.82, 2.24) is 19.5 Å². The molecule has 0 unspecified atom stereocenters. The number of aromatic nitrogens is 4. The summed E-state index contributed by atoms with van der Waals surface area (Å²) in [7, 11) is 1.62. The fourth-order valence-corrected chi connectivity index (χ4v) is 1.90. The van der Waals surface area contributed by atoms with E-state index in [1.165, 1.54) is 16.8 Å². The van der Waals surface area contributed by atoms with E-state index in [4.69, 9.17) is 0 Å². The highest BCUT2D eigenvalue weighted by Crippen LogP contribution is 2.14. The highest BCUT2D eigenvalue weighted by atomic mass is 16.2. The van der Waals surface area contributed by atoms with E-state index >= 15 is 0 Å². The minimum absolute atomic E-state index is 0.244. The van der Waals surface area contributed by atoms with E-state index in [1.54, 1.807) is 25.5 Å². The SMILES string of the molecule is Cn1ccc(C(=O)Nc2cnc(-c3ccccn3)[nH]2)cc1=O. The molecule has 0 saturated heterocycles. The van der Waals surface area contributed by atoms with Gasteiger partial charge < -0.3 is 14.9 Å². The number of imidazole rings is 1. The fraction of sp³-hybridized carbons (Fsp3) is 0.0667. The van der Waals surface area contributed by atoms with Gasteiger partial charge in [0.25, 0.3) is 11.5 Å². The average molecular weight is 295 g/mol. The lowest BCUT2D eigenvalue weighted by Crippen LogP contribution is -2.20. The third-order valence-corrected chi connectivity index (χ3v) is 3.10. The monoisotopic (exact) mass is 295 g/mol. The quantitative estimate of drug-likeness (QED) is 0.764. The summed E-state index contributed by atoms with van der Waals surface area (Å²) in [4.78, 5) is 34.9. The molecule has 0 saturated carbocycles. The van der Waals surface area contributed by atoms with Gasteiger partial charge >= 0.3 is 0 Å². The van der Waals surface area contributed by atoms with Gasteiger partial charge in [-0.15, -0.1) is 0 Å². The zero-order valence-corrected chi connectivity index (χ0v) is 11.8. The van der Waals surface area contributed by atoms with Crippen LogP contribution in [-0.2, 0) is 7.05 Å². The van der Waals surface area contributed by atoms with Gasteiger partial charge in [0.1, 0.15) is 11.5 Å². The third-order valence-electron chi connectivity index (χ3n) is 3.10. The standard InChI is InChI=1S/C15H13N5O2/c1-20-7-5-10(8-13(20)21)15(22)19-12-9-17-14(18-12)11-4-2-3-6-16-11/h2-9H,1H3,(H,17,18)(H,19,22). The van der Waals surface area contributed by atoms with Gasteiger partial charge in [-0.1, -0.05) is 6.07 Å². The van der Waals surface area contributed by atoms with Crippen LogP contribution in [0.1, 0.15) is 10.4 Å². The maximum absolute atomic E-state index is 12.1. The summed E-state index contributed by atoms with van der Waals surface area (Å²) >= 11 is 0.